The van der Waals surface area contributed by atoms with Gasteiger partial charge in [0, 0.05) is 12.3 Å². The van der Waals surface area contributed by atoms with Gasteiger partial charge in [-0.05, 0) is 25.1 Å². The number of hydrogen-bond acceptors (Lipinski definition) is 5. The van der Waals surface area contributed by atoms with Crippen molar-refractivity contribution in [1.29, 1.82) is 0 Å². The fourth-order valence-electron chi connectivity index (χ4n) is 2.42. The van der Waals surface area contributed by atoms with E-state index in [9.17, 15) is 4.79 Å². The van der Waals surface area contributed by atoms with Crippen molar-refractivity contribution in [2.45, 2.75) is 13.5 Å². The molecular weight excluding hydrogens is 324 g/mol. The van der Waals surface area contributed by atoms with E-state index in [1.165, 1.54) is 0 Å². The average molecular weight is 338 g/mol. The molecule has 0 fully saturated rings. The van der Waals surface area contributed by atoms with E-state index >= 15 is 0 Å². The third kappa shape index (κ3) is 2.79. The third-order valence-corrected chi connectivity index (χ3v) is 4.50. The van der Waals surface area contributed by atoms with Crippen molar-refractivity contribution < 1.29 is 4.79 Å². The Morgan fingerprint density at radius 2 is 2.17 bits per heavy atom. The largest absolute Gasteiger partial charge is 0.331 e. The quantitative estimate of drug-likeness (QED) is 0.601. The number of thiazole rings is 1. The highest BCUT2D eigenvalue weighted by atomic mass is 32.1. The molecule has 0 unspecified atom stereocenters. The van der Waals surface area contributed by atoms with Crippen LogP contribution < -0.4 is 10.6 Å². The topological polar surface area (TPSA) is 84.2 Å². The van der Waals surface area contributed by atoms with E-state index in [1.54, 1.807) is 28.1 Å². The summed E-state index contributed by atoms with van der Waals surface area (Å²) in [7, 11) is 0. The van der Waals surface area contributed by atoms with Crippen molar-refractivity contribution in [3.8, 4) is 0 Å². The number of para-hydroxylation sites is 1. The molecule has 0 saturated carbocycles. The molecule has 0 spiro atoms. The number of nitrogens with zero attached hydrogens (tertiary/aromatic N) is 4. The first kappa shape index (κ1) is 14.6. The molecule has 4 aromatic rings. The number of benzene rings is 1. The Balaban J connectivity index is 1.46. The molecule has 0 aliphatic rings. The van der Waals surface area contributed by atoms with Gasteiger partial charge in [-0.1, -0.05) is 12.1 Å². The number of fused-ring (bicyclic) bond motifs is 2. The second-order valence-corrected chi connectivity index (χ2v) is 6.38. The molecule has 1 aromatic carbocycles. The second-order valence-electron chi connectivity index (χ2n) is 5.27. The van der Waals surface area contributed by atoms with E-state index in [1.807, 2.05) is 37.3 Å². The molecule has 3 heterocycles. The van der Waals surface area contributed by atoms with Crippen molar-refractivity contribution in [2.24, 2.45) is 0 Å². The molecule has 24 heavy (non-hydrogen) atoms. The lowest BCUT2D eigenvalue weighted by Crippen LogP contribution is -2.29. The number of hydrogen-bond donors (Lipinski definition) is 2. The van der Waals surface area contributed by atoms with Crippen LogP contribution in [0.4, 0.5) is 10.6 Å². The number of aromatic nitrogens is 4. The van der Waals surface area contributed by atoms with Gasteiger partial charge < -0.3 is 5.32 Å². The van der Waals surface area contributed by atoms with Crippen molar-refractivity contribution in [1.82, 2.24) is 24.9 Å². The van der Waals surface area contributed by atoms with Gasteiger partial charge in [-0.25, -0.2) is 14.8 Å². The van der Waals surface area contributed by atoms with Gasteiger partial charge in [-0.2, -0.15) is 9.61 Å². The molecule has 0 bridgehead atoms. The summed E-state index contributed by atoms with van der Waals surface area (Å²) in [6.07, 6.45) is 1.64. The van der Waals surface area contributed by atoms with Crippen LogP contribution in [0.15, 0.2) is 42.6 Å². The fraction of sp³-hybridized carbons (Fsp3) is 0.125. The van der Waals surface area contributed by atoms with Crippen molar-refractivity contribution in [3.63, 3.8) is 0 Å². The lowest BCUT2D eigenvalue weighted by Gasteiger charge is -2.07. The number of anilines is 1. The lowest BCUT2D eigenvalue weighted by atomic mass is 10.3. The monoisotopic (exact) mass is 338 g/mol. The maximum Gasteiger partial charge on any atom is 0.320 e. The summed E-state index contributed by atoms with van der Waals surface area (Å²) in [6, 6.07) is 11.2. The zero-order valence-corrected chi connectivity index (χ0v) is 13.7. The van der Waals surface area contributed by atoms with Crippen LogP contribution in [0.2, 0.25) is 0 Å². The Bertz CT molecular complexity index is 1000. The van der Waals surface area contributed by atoms with Gasteiger partial charge in [-0.15, -0.1) is 11.3 Å². The summed E-state index contributed by atoms with van der Waals surface area (Å²) in [5.41, 5.74) is 2.48. The van der Waals surface area contributed by atoms with E-state index in [0.717, 1.165) is 20.9 Å². The number of urea groups is 1. The summed E-state index contributed by atoms with van der Waals surface area (Å²) >= 11 is 1.57. The number of carbonyl (C=O) groups excluding carboxylic acids is 1. The van der Waals surface area contributed by atoms with E-state index in [-0.39, 0.29) is 6.03 Å². The minimum atomic E-state index is -0.310. The molecule has 8 heteroatoms. The predicted molar refractivity (Wildman–Crippen MR) is 93.2 cm³/mol. The van der Waals surface area contributed by atoms with E-state index in [4.69, 9.17) is 0 Å². The molecule has 0 radical (unpaired) electrons. The summed E-state index contributed by atoms with van der Waals surface area (Å²) < 4.78 is 2.71. The maximum atomic E-state index is 12.1. The molecule has 7 nitrogen and oxygen atoms in total. The van der Waals surface area contributed by atoms with Crippen LogP contribution in [0.5, 0.6) is 0 Å². The van der Waals surface area contributed by atoms with Crippen LogP contribution in [0.3, 0.4) is 0 Å². The first-order valence-corrected chi connectivity index (χ1v) is 8.21. The normalized spacial score (nSPS) is 11.0. The third-order valence-electron chi connectivity index (χ3n) is 3.46. The zero-order chi connectivity index (χ0) is 16.5. The molecule has 0 aliphatic carbocycles. The first-order chi connectivity index (χ1) is 11.7. The lowest BCUT2D eigenvalue weighted by molar-refractivity contribution is 0.251. The minimum absolute atomic E-state index is 0.310. The van der Waals surface area contributed by atoms with Crippen LogP contribution in [-0.2, 0) is 6.54 Å². The van der Waals surface area contributed by atoms with Crippen molar-refractivity contribution in [3.05, 3.63) is 53.3 Å². The molecule has 0 saturated heterocycles. The highest BCUT2D eigenvalue weighted by Gasteiger charge is 2.09. The van der Waals surface area contributed by atoms with Gasteiger partial charge in [0.1, 0.15) is 10.8 Å². The summed E-state index contributed by atoms with van der Waals surface area (Å²) in [5.74, 6) is 0.565. The van der Waals surface area contributed by atoms with Crippen LogP contribution in [-0.4, -0.2) is 25.6 Å². The van der Waals surface area contributed by atoms with E-state index in [0.29, 0.717) is 18.0 Å². The maximum absolute atomic E-state index is 12.1. The van der Waals surface area contributed by atoms with Gasteiger partial charge in [0.2, 0.25) is 0 Å². The summed E-state index contributed by atoms with van der Waals surface area (Å²) in [5, 5.41) is 10.8. The zero-order valence-electron chi connectivity index (χ0n) is 12.9. The molecular formula is C16H14N6OS. The van der Waals surface area contributed by atoms with Gasteiger partial charge in [0.15, 0.2) is 5.65 Å². The van der Waals surface area contributed by atoms with Crippen LogP contribution in [0.1, 0.15) is 10.7 Å². The molecule has 4 rings (SSSR count). The molecule has 2 N–H and O–H groups in total. The minimum Gasteiger partial charge on any atom is -0.331 e. The molecule has 2 amide bonds. The Kier molecular flexibility index (Phi) is 3.58. The first-order valence-electron chi connectivity index (χ1n) is 7.40. The van der Waals surface area contributed by atoms with Crippen LogP contribution in [0, 0.1) is 6.92 Å². The molecule has 0 atom stereocenters. The van der Waals surface area contributed by atoms with Gasteiger partial charge in [0.25, 0.3) is 0 Å². The van der Waals surface area contributed by atoms with Gasteiger partial charge in [-0.3, -0.25) is 5.32 Å². The Hall–Kier alpha value is -3.00. The summed E-state index contributed by atoms with van der Waals surface area (Å²) in [4.78, 5) is 20.8. The molecule has 3 aromatic heterocycles. The second kappa shape index (κ2) is 5.89. The number of amides is 2. The van der Waals surface area contributed by atoms with Crippen molar-refractivity contribution >= 4 is 39.0 Å². The molecule has 120 valence electrons. The molecule has 0 aliphatic heterocycles. The Labute approximate surface area is 141 Å². The number of carbonyl (C=O) groups is 1. The average Bonchev–Trinajstić information content (AvgIpc) is 3.15. The highest BCUT2D eigenvalue weighted by Crippen LogP contribution is 2.21. The fourth-order valence-corrected chi connectivity index (χ4v) is 3.32. The van der Waals surface area contributed by atoms with E-state index in [2.05, 4.69) is 25.7 Å². The van der Waals surface area contributed by atoms with Crippen LogP contribution >= 0.6 is 11.3 Å². The number of rotatable bonds is 3. The van der Waals surface area contributed by atoms with Gasteiger partial charge in [0.05, 0.1) is 22.5 Å². The standard InChI is InChI=1S/C16H14N6OS/c1-10-8-14-17-7-6-13(22(14)21-10)20-16(23)18-9-15-19-11-4-2-3-5-12(11)24-15/h2-8H,9H2,1H3,(H2,18,20,23). The van der Waals surface area contributed by atoms with Crippen LogP contribution in [0.25, 0.3) is 15.9 Å². The highest BCUT2D eigenvalue weighted by molar-refractivity contribution is 7.18. The summed E-state index contributed by atoms with van der Waals surface area (Å²) in [6.45, 7) is 2.25. The Morgan fingerprint density at radius 3 is 3.04 bits per heavy atom. The van der Waals surface area contributed by atoms with Gasteiger partial charge >= 0.3 is 6.03 Å². The van der Waals surface area contributed by atoms with Crippen molar-refractivity contribution in [2.75, 3.05) is 5.32 Å². The predicted octanol–water partition coefficient (Wildman–Crippen LogP) is 2.97. The SMILES string of the molecule is Cc1cc2nccc(NC(=O)NCc3nc4ccccc4s3)n2n1. The van der Waals surface area contributed by atoms with E-state index < -0.39 is 0 Å². The Morgan fingerprint density at radius 1 is 1.29 bits per heavy atom. The smallest absolute Gasteiger partial charge is 0.320 e. The number of aryl methyl sites for hydroxylation is 1. The number of nitrogens with one attached hydrogen (secondary N) is 2.